The van der Waals surface area contributed by atoms with Crippen molar-refractivity contribution in [1.29, 1.82) is 0 Å². The van der Waals surface area contributed by atoms with Gasteiger partial charge in [0.2, 0.25) is 0 Å². The number of nitrogens with zero attached hydrogens (tertiary/aromatic N) is 3. The summed E-state index contributed by atoms with van der Waals surface area (Å²) in [5.74, 6) is -2.70. The molecule has 1 aliphatic rings. The van der Waals surface area contributed by atoms with Crippen LogP contribution in [0.5, 0.6) is 0 Å². The Kier molecular flexibility index (Phi) is 11.0. The molecule has 2 aromatic rings. The number of amides is 1. The first-order chi connectivity index (χ1) is 17.0. The van der Waals surface area contributed by atoms with E-state index >= 15 is 0 Å². The summed E-state index contributed by atoms with van der Waals surface area (Å²) in [6.45, 7) is 7.80. The van der Waals surface area contributed by atoms with E-state index in [4.69, 9.17) is 14.9 Å². The molecule has 198 valence electrons. The fourth-order valence-corrected chi connectivity index (χ4v) is 3.80. The van der Waals surface area contributed by atoms with Gasteiger partial charge in [0.15, 0.2) is 0 Å². The standard InChI is InChI=1S/C21H32N4O3.C4H4O4/c1-16(2)25-14-17-6-4-7-18(19(17)23-25)20(26)22-15-21(27)8-11-24(12-9-21)10-5-13-28-3;5-3(6)1-2-4(7)8/h4,6-7,14,16,27H,5,8-13,15H2,1-3H3,(H,22,26);1-2H,(H,5,6)(H,7,8)/b;2-1+. The molecule has 1 aromatic carbocycles. The van der Waals surface area contributed by atoms with Gasteiger partial charge < -0.3 is 30.3 Å². The maximum atomic E-state index is 12.8. The first-order valence-electron chi connectivity index (χ1n) is 11.9. The minimum Gasteiger partial charge on any atom is -0.478 e. The molecule has 1 aliphatic heterocycles. The van der Waals surface area contributed by atoms with Crippen molar-refractivity contribution in [3.63, 3.8) is 0 Å². The maximum absolute atomic E-state index is 12.8. The highest BCUT2D eigenvalue weighted by molar-refractivity contribution is 6.05. The van der Waals surface area contributed by atoms with Crippen molar-refractivity contribution in [2.75, 3.05) is 39.9 Å². The predicted octanol–water partition coefficient (Wildman–Crippen LogP) is 1.92. The van der Waals surface area contributed by atoms with Crippen molar-refractivity contribution >= 4 is 28.7 Å². The first kappa shape index (κ1) is 29.0. The average Bonchev–Trinajstić information content (AvgIpc) is 3.28. The number of piperidine rings is 1. The molecule has 0 spiro atoms. The Labute approximate surface area is 210 Å². The third-order valence-corrected chi connectivity index (χ3v) is 5.88. The lowest BCUT2D eigenvalue weighted by Gasteiger charge is -2.38. The molecule has 36 heavy (non-hydrogen) atoms. The highest BCUT2D eigenvalue weighted by atomic mass is 16.5. The van der Waals surface area contributed by atoms with E-state index < -0.39 is 17.5 Å². The van der Waals surface area contributed by atoms with Crippen molar-refractivity contribution < 1.29 is 34.4 Å². The zero-order valence-electron chi connectivity index (χ0n) is 21.0. The van der Waals surface area contributed by atoms with E-state index in [1.165, 1.54) is 0 Å². The van der Waals surface area contributed by atoms with Gasteiger partial charge in [-0.1, -0.05) is 12.1 Å². The molecule has 1 fully saturated rings. The van der Waals surface area contributed by atoms with E-state index in [0.717, 1.165) is 38.0 Å². The number of aliphatic carboxylic acids is 2. The zero-order chi connectivity index (χ0) is 26.7. The molecule has 1 saturated heterocycles. The maximum Gasteiger partial charge on any atom is 0.328 e. The number of likely N-dealkylation sites (tertiary alicyclic amines) is 1. The summed E-state index contributed by atoms with van der Waals surface area (Å²) in [5, 5.41) is 34.9. The van der Waals surface area contributed by atoms with Crippen LogP contribution in [0, 0.1) is 0 Å². The number of methoxy groups -OCH3 is 1. The average molecular weight is 505 g/mol. The van der Waals surface area contributed by atoms with E-state index in [1.807, 2.05) is 23.0 Å². The van der Waals surface area contributed by atoms with Gasteiger partial charge in [-0.2, -0.15) is 5.10 Å². The lowest BCUT2D eigenvalue weighted by Crippen LogP contribution is -2.51. The van der Waals surface area contributed by atoms with Crippen molar-refractivity contribution in [3.8, 4) is 0 Å². The largest absolute Gasteiger partial charge is 0.478 e. The number of carboxylic acid groups (broad SMARTS) is 2. The quantitative estimate of drug-likeness (QED) is 0.281. The van der Waals surface area contributed by atoms with Crippen LogP contribution < -0.4 is 5.32 Å². The lowest BCUT2D eigenvalue weighted by molar-refractivity contribution is -0.134. The Morgan fingerprint density at radius 2 is 1.81 bits per heavy atom. The van der Waals surface area contributed by atoms with E-state index in [2.05, 4.69) is 29.2 Å². The number of nitrogens with one attached hydrogen (secondary N) is 1. The summed E-state index contributed by atoms with van der Waals surface area (Å²) in [5.41, 5.74) is 0.407. The number of ether oxygens (including phenoxy) is 1. The van der Waals surface area contributed by atoms with Gasteiger partial charge in [0, 0.05) is 69.7 Å². The number of aliphatic hydroxyl groups is 1. The minimum atomic E-state index is -1.26. The molecule has 0 unspecified atom stereocenters. The smallest absolute Gasteiger partial charge is 0.328 e. The molecule has 3 rings (SSSR count). The fourth-order valence-electron chi connectivity index (χ4n) is 3.80. The predicted molar refractivity (Wildman–Crippen MR) is 134 cm³/mol. The first-order valence-corrected chi connectivity index (χ1v) is 11.9. The molecular formula is C25H36N4O7. The third kappa shape index (κ3) is 9.06. The number of carboxylic acids is 2. The Balaban J connectivity index is 0.000000493. The van der Waals surface area contributed by atoms with Gasteiger partial charge in [-0.05, 0) is 39.2 Å². The van der Waals surface area contributed by atoms with Crippen LogP contribution in [0.2, 0.25) is 0 Å². The number of carbonyl (C=O) groups is 3. The molecular weight excluding hydrogens is 468 g/mol. The molecule has 0 atom stereocenters. The van der Waals surface area contributed by atoms with E-state index in [9.17, 15) is 19.5 Å². The number of fused-ring (bicyclic) bond motifs is 1. The van der Waals surface area contributed by atoms with E-state index in [0.29, 0.717) is 36.1 Å². The summed E-state index contributed by atoms with van der Waals surface area (Å²) >= 11 is 0. The van der Waals surface area contributed by atoms with Crippen LogP contribution in [0.1, 0.15) is 49.5 Å². The number of rotatable bonds is 10. The van der Waals surface area contributed by atoms with Crippen LogP contribution in [0.25, 0.3) is 10.9 Å². The molecule has 2 heterocycles. The van der Waals surface area contributed by atoms with Crippen LogP contribution in [0.4, 0.5) is 0 Å². The molecule has 1 aromatic heterocycles. The van der Waals surface area contributed by atoms with E-state index in [-0.39, 0.29) is 18.5 Å². The Morgan fingerprint density at radius 1 is 1.17 bits per heavy atom. The topological polar surface area (TPSA) is 154 Å². The molecule has 0 saturated carbocycles. The minimum absolute atomic E-state index is 0.185. The molecule has 11 nitrogen and oxygen atoms in total. The second kappa shape index (κ2) is 13.7. The summed E-state index contributed by atoms with van der Waals surface area (Å²) in [6.07, 6.45) is 5.39. The normalized spacial score (nSPS) is 15.6. The van der Waals surface area contributed by atoms with Crippen LogP contribution in [0.3, 0.4) is 0 Å². The van der Waals surface area contributed by atoms with Crippen LogP contribution >= 0.6 is 0 Å². The fraction of sp³-hybridized carbons (Fsp3) is 0.520. The molecule has 0 aliphatic carbocycles. The monoisotopic (exact) mass is 504 g/mol. The van der Waals surface area contributed by atoms with Crippen molar-refractivity contribution in [2.45, 2.75) is 44.8 Å². The number of aromatic nitrogens is 2. The van der Waals surface area contributed by atoms with Crippen molar-refractivity contribution in [1.82, 2.24) is 20.0 Å². The van der Waals surface area contributed by atoms with Gasteiger partial charge >= 0.3 is 11.9 Å². The van der Waals surface area contributed by atoms with Crippen LogP contribution in [0.15, 0.2) is 36.5 Å². The summed E-state index contributed by atoms with van der Waals surface area (Å²) in [4.78, 5) is 34.2. The number of carbonyl (C=O) groups excluding carboxylic acids is 1. The van der Waals surface area contributed by atoms with Gasteiger partial charge in [0.25, 0.3) is 5.91 Å². The second-order valence-electron chi connectivity index (χ2n) is 9.05. The highest BCUT2D eigenvalue weighted by Gasteiger charge is 2.32. The van der Waals surface area contributed by atoms with Crippen LogP contribution in [-0.4, -0.2) is 93.3 Å². The molecule has 0 bridgehead atoms. The van der Waals surface area contributed by atoms with Gasteiger partial charge in [-0.15, -0.1) is 0 Å². The molecule has 1 amide bonds. The van der Waals surface area contributed by atoms with Crippen molar-refractivity contribution in [3.05, 3.63) is 42.1 Å². The Morgan fingerprint density at radius 3 is 2.36 bits per heavy atom. The highest BCUT2D eigenvalue weighted by Crippen LogP contribution is 2.23. The Bertz CT molecular complexity index is 1040. The third-order valence-electron chi connectivity index (χ3n) is 5.88. The summed E-state index contributed by atoms with van der Waals surface area (Å²) in [7, 11) is 1.71. The lowest BCUT2D eigenvalue weighted by atomic mass is 9.91. The van der Waals surface area contributed by atoms with Gasteiger partial charge in [0.1, 0.15) is 5.52 Å². The summed E-state index contributed by atoms with van der Waals surface area (Å²) in [6, 6.07) is 5.86. The zero-order valence-corrected chi connectivity index (χ0v) is 21.0. The number of hydrogen-bond acceptors (Lipinski definition) is 7. The molecule has 0 radical (unpaired) electrons. The van der Waals surface area contributed by atoms with Crippen molar-refractivity contribution in [2.24, 2.45) is 0 Å². The van der Waals surface area contributed by atoms with E-state index in [1.54, 1.807) is 13.2 Å². The van der Waals surface area contributed by atoms with Crippen LogP contribution in [-0.2, 0) is 14.3 Å². The summed E-state index contributed by atoms with van der Waals surface area (Å²) < 4.78 is 6.96. The Hall–Kier alpha value is -3.28. The van der Waals surface area contributed by atoms with Gasteiger partial charge in [-0.25, -0.2) is 9.59 Å². The SMILES string of the molecule is COCCCN1CCC(O)(CNC(=O)c2cccc3cn(C(C)C)nc23)CC1.O=C(O)/C=C/C(=O)O. The van der Waals surface area contributed by atoms with Gasteiger partial charge in [-0.3, -0.25) is 9.48 Å². The molecule has 11 heteroatoms. The number of hydrogen-bond donors (Lipinski definition) is 4. The van der Waals surface area contributed by atoms with Gasteiger partial charge in [0.05, 0.1) is 11.2 Å². The number of benzene rings is 1. The second-order valence-corrected chi connectivity index (χ2v) is 9.05. The molecule has 4 N–H and O–H groups in total.